The van der Waals surface area contributed by atoms with Crippen LogP contribution in [0.3, 0.4) is 0 Å². The minimum absolute atomic E-state index is 0.0584. The van der Waals surface area contributed by atoms with Crippen LogP contribution in [0.25, 0.3) is 0 Å². The summed E-state index contributed by atoms with van der Waals surface area (Å²) >= 11 is 0. The number of carboxylic acids is 1. The van der Waals surface area contributed by atoms with E-state index in [0.29, 0.717) is 18.1 Å². The molecule has 2 N–H and O–H groups in total. The minimum Gasteiger partial charge on any atom is -0.478 e. The number of carbonyl (C=O) groups is 2. The number of benzene rings is 1. The highest BCUT2D eigenvalue weighted by atomic mass is 16.4. The van der Waals surface area contributed by atoms with Gasteiger partial charge in [-0.15, -0.1) is 0 Å². The van der Waals surface area contributed by atoms with Gasteiger partial charge in [0.15, 0.2) is 5.76 Å². The monoisotopic (exact) mass is 299 g/mol. The van der Waals surface area contributed by atoms with Crippen LogP contribution in [-0.4, -0.2) is 23.0 Å². The maximum Gasteiger partial charge on any atom is 0.339 e. The topological polar surface area (TPSA) is 79.5 Å². The molecule has 22 heavy (non-hydrogen) atoms. The van der Waals surface area contributed by atoms with E-state index in [9.17, 15) is 9.59 Å². The Morgan fingerprint density at radius 3 is 2.64 bits per heavy atom. The lowest BCUT2D eigenvalue weighted by Crippen LogP contribution is -2.26. The summed E-state index contributed by atoms with van der Waals surface area (Å²) in [5.74, 6) is -0.718. The molecule has 0 bridgehead atoms. The van der Waals surface area contributed by atoms with Crippen LogP contribution in [0.15, 0.2) is 40.8 Å². The lowest BCUT2D eigenvalue weighted by atomic mass is 10.1. The molecular weight excluding hydrogens is 282 g/mol. The molecule has 1 saturated carbocycles. The van der Waals surface area contributed by atoms with Gasteiger partial charge in [-0.1, -0.05) is 37.3 Å². The van der Waals surface area contributed by atoms with Crippen molar-refractivity contribution in [2.45, 2.75) is 31.7 Å². The highest BCUT2D eigenvalue weighted by Crippen LogP contribution is 2.40. The third-order valence-corrected chi connectivity index (χ3v) is 3.92. The number of aryl methyl sites for hydroxylation is 1. The Balaban J connectivity index is 1.68. The van der Waals surface area contributed by atoms with Gasteiger partial charge in [0, 0.05) is 24.4 Å². The summed E-state index contributed by atoms with van der Waals surface area (Å²) in [6.07, 6.45) is 1.33. The van der Waals surface area contributed by atoms with Crippen molar-refractivity contribution in [1.29, 1.82) is 0 Å². The van der Waals surface area contributed by atoms with Crippen LogP contribution in [-0.2, 0) is 6.42 Å². The predicted molar refractivity (Wildman–Crippen MR) is 80.1 cm³/mol. The summed E-state index contributed by atoms with van der Waals surface area (Å²) in [5.41, 5.74) is 1.26. The predicted octanol–water partition coefficient (Wildman–Crippen LogP) is 2.83. The van der Waals surface area contributed by atoms with E-state index in [1.807, 2.05) is 30.3 Å². The van der Waals surface area contributed by atoms with Crippen LogP contribution < -0.4 is 5.32 Å². The van der Waals surface area contributed by atoms with Crippen LogP contribution in [0.4, 0.5) is 0 Å². The Morgan fingerprint density at radius 2 is 2.05 bits per heavy atom. The van der Waals surface area contributed by atoms with Gasteiger partial charge in [0.05, 0.1) is 0 Å². The van der Waals surface area contributed by atoms with Crippen LogP contribution in [0, 0.1) is 0 Å². The van der Waals surface area contributed by atoms with Crippen LogP contribution in [0.5, 0.6) is 0 Å². The molecule has 2 atom stereocenters. The molecule has 0 radical (unpaired) electrons. The average molecular weight is 299 g/mol. The normalized spacial score (nSPS) is 19.7. The van der Waals surface area contributed by atoms with Crippen molar-refractivity contribution in [2.75, 3.05) is 0 Å². The van der Waals surface area contributed by atoms with Crippen LogP contribution in [0.1, 0.15) is 51.5 Å². The molecule has 1 fully saturated rings. The molecule has 5 nitrogen and oxygen atoms in total. The first-order chi connectivity index (χ1) is 10.6. The number of carbonyl (C=O) groups excluding carboxylic acids is 1. The van der Waals surface area contributed by atoms with E-state index in [1.165, 1.54) is 11.6 Å². The first kappa shape index (κ1) is 14.4. The van der Waals surface area contributed by atoms with Gasteiger partial charge in [0.25, 0.3) is 5.91 Å². The SMILES string of the molecule is CCc1oc(C(=O)NC2CC2c2ccccc2)cc1C(=O)O. The second kappa shape index (κ2) is 5.67. The zero-order valence-electron chi connectivity index (χ0n) is 12.2. The van der Waals surface area contributed by atoms with Gasteiger partial charge in [-0.05, 0) is 12.0 Å². The number of furan rings is 1. The fourth-order valence-corrected chi connectivity index (χ4v) is 2.65. The molecule has 0 aliphatic heterocycles. The lowest BCUT2D eigenvalue weighted by Gasteiger charge is -2.02. The molecule has 3 rings (SSSR count). The Bertz CT molecular complexity index is 705. The number of hydrogen-bond donors (Lipinski definition) is 2. The molecule has 5 heteroatoms. The molecular formula is C17H17NO4. The van der Waals surface area contributed by atoms with Crippen molar-refractivity contribution in [3.8, 4) is 0 Å². The highest BCUT2D eigenvalue weighted by Gasteiger charge is 2.40. The van der Waals surface area contributed by atoms with Gasteiger partial charge in [-0.3, -0.25) is 4.79 Å². The maximum absolute atomic E-state index is 12.2. The second-order valence-corrected chi connectivity index (χ2v) is 5.44. The van der Waals surface area contributed by atoms with Crippen molar-refractivity contribution in [1.82, 2.24) is 5.32 Å². The molecule has 2 unspecified atom stereocenters. The van der Waals surface area contributed by atoms with Gasteiger partial charge >= 0.3 is 5.97 Å². The van der Waals surface area contributed by atoms with Crippen molar-refractivity contribution in [3.05, 3.63) is 59.0 Å². The number of nitrogens with one attached hydrogen (secondary N) is 1. The summed E-state index contributed by atoms with van der Waals surface area (Å²) < 4.78 is 5.36. The lowest BCUT2D eigenvalue weighted by molar-refractivity contribution is 0.0694. The summed E-state index contributed by atoms with van der Waals surface area (Å²) in [6.45, 7) is 1.79. The van der Waals surface area contributed by atoms with E-state index < -0.39 is 5.97 Å². The van der Waals surface area contributed by atoms with Gasteiger partial charge in [-0.25, -0.2) is 4.79 Å². The molecule has 1 amide bonds. The summed E-state index contributed by atoms with van der Waals surface area (Å²) in [4.78, 5) is 23.3. The number of amides is 1. The van der Waals surface area contributed by atoms with E-state index in [-0.39, 0.29) is 23.3 Å². The minimum atomic E-state index is -1.08. The zero-order valence-corrected chi connectivity index (χ0v) is 12.2. The Hall–Kier alpha value is -2.56. The Morgan fingerprint density at radius 1 is 1.32 bits per heavy atom. The Labute approximate surface area is 127 Å². The van der Waals surface area contributed by atoms with Crippen LogP contribution in [0.2, 0.25) is 0 Å². The largest absolute Gasteiger partial charge is 0.478 e. The summed E-state index contributed by atoms with van der Waals surface area (Å²) in [5, 5.41) is 12.0. The first-order valence-electron chi connectivity index (χ1n) is 7.32. The van der Waals surface area contributed by atoms with Gasteiger partial charge in [0.1, 0.15) is 11.3 Å². The van der Waals surface area contributed by atoms with Crippen LogP contribution >= 0.6 is 0 Å². The first-order valence-corrected chi connectivity index (χ1v) is 7.32. The fraction of sp³-hybridized carbons (Fsp3) is 0.294. The van der Waals surface area contributed by atoms with Crippen molar-refractivity contribution < 1.29 is 19.1 Å². The van der Waals surface area contributed by atoms with Gasteiger partial charge in [-0.2, -0.15) is 0 Å². The third-order valence-electron chi connectivity index (χ3n) is 3.92. The zero-order chi connectivity index (χ0) is 15.7. The number of aromatic carboxylic acids is 1. The second-order valence-electron chi connectivity index (χ2n) is 5.44. The summed E-state index contributed by atoms with van der Waals surface area (Å²) in [6, 6.07) is 11.4. The average Bonchev–Trinajstić information content (AvgIpc) is 3.13. The molecule has 114 valence electrons. The van der Waals surface area contributed by atoms with Crippen molar-refractivity contribution >= 4 is 11.9 Å². The number of carboxylic acid groups (broad SMARTS) is 1. The number of rotatable bonds is 5. The van der Waals surface area contributed by atoms with Gasteiger partial charge < -0.3 is 14.8 Å². The Kier molecular flexibility index (Phi) is 3.71. The fourth-order valence-electron chi connectivity index (χ4n) is 2.65. The van der Waals surface area contributed by atoms with E-state index >= 15 is 0 Å². The molecule has 2 aromatic rings. The van der Waals surface area contributed by atoms with E-state index in [0.717, 1.165) is 6.42 Å². The molecule has 0 saturated heterocycles. The van der Waals surface area contributed by atoms with E-state index in [4.69, 9.17) is 9.52 Å². The smallest absolute Gasteiger partial charge is 0.339 e. The quantitative estimate of drug-likeness (QED) is 0.889. The third kappa shape index (κ3) is 2.74. The standard InChI is InChI=1S/C17H17NO4/c1-2-14-12(17(20)21)9-15(22-14)16(19)18-13-8-11(13)10-6-4-3-5-7-10/h3-7,9,11,13H,2,8H2,1H3,(H,18,19)(H,20,21). The van der Waals surface area contributed by atoms with Crippen molar-refractivity contribution in [3.63, 3.8) is 0 Å². The number of hydrogen-bond acceptors (Lipinski definition) is 3. The van der Waals surface area contributed by atoms with Crippen molar-refractivity contribution in [2.24, 2.45) is 0 Å². The molecule has 1 aliphatic rings. The molecule has 1 aliphatic carbocycles. The van der Waals surface area contributed by atoms with E-state index in [2.05, 4.69) is 5.32 Å². The maximum atomic E-state index is 12.2. The molecule has 1 aromatic heterocycles. The summed E-state index contributed by atoms with van der Waals surface area (Å²) in [7, 11) is 0. The highest BCUT2D eigenvalue weighted by molar-refractivity contribution is 5.96. The molecule has 0 spiro atoms. The van der Waals surface area contributed by atoms with Gasteiger partial charge in [0.2, 0.25) is 0 Å². The molecule has 1 aromatic carbocycles. The molecule has 1 heterocycles. The van der Waals surface area contributed by atoms with E-state index in [1.54, 1.807) is 6.92 Å².